The molecule has 0 aliphatic heterocycles. The maximum Gasteiger partial charge on any atom is 0.245 e. The van der Waals surface area contributed by atoms with E-state index in [1.54, 1.807) is 6.20 Å². The summed E-state index contributed by atoms with van der Waals surface area (Å²) in [4.78, 5) is 13.4. The number of benzene rings is 1. The summed E-state index contributed by atoms with van der Waals surface area (Å²) in [5.41, 5.74) is 2.89. The first-order valence-corrected chi connectivity index (χ1v) is 8.72. The van der Waals surface area contributed by atoms with Crippen molar-refractivity contribution in [1.82, 2.24) is 25.3 Å². The lowest BCUT2D eigenvalue weighted by atomic mass is 10.1. The van der Waals surface area contributed by atoms with Crippen molar-refractivity contribution in [3.63, 3.8) is 0 Å². The van der Waals surface area contributed by atoms with Crippen LogP contribution in [0.15, 0.2) is 59.4 Å². The smallest absolute Gasteiger partial charge is 0.245 e. The Morgan fingerprint density at radius 1 is 0.926 bits per heavy atom. The summed E-state index contributed by atoms with van der Waals surface area (Å²) in [6, 6.07) is 16.1. The molecule has 3 aromatic heterocycles. The van der Waals surface area contributed by atoms with Gasteiger partial charge < -0.3 is 10.6 Å². The fourth-order valence-electron chi connectivity index (χ4n) is 2.76. The van der Waals surface area contributed by atoms with Crippen molar-refractivity contribution in [2.45, 2.75) is 25.9 Å². The maximum atomic E-state index is 4.75. The molecule has 27 heavy (non-hydrogen) atoms. The fourth-order valence-corrected chi connectivity index (χ4v) is 2.76. The Kier molecular flexibility index (Phi) is 4.86. The molecule has 8 nitrogen and oxygen atoms in total. The normalized spacial score (nSPS) is 12.0. The monoisotopic (exact) mass is 361 g/mol. The van der Waals surface area contributed by atoms with Crippen molar-refractivity contribution < 1.29 is 4.63 Å². The van der Waals surface area contributed by atoms with E-state index in [0.717, 1.165) is 17.7 Å². The highest BCUT2D eigenvalue weighted by Crippen LogP contribution is 2.21. The fraction of sp³-hybridized carbons (Fsp3) is 0.211. The van der Waals surface area contributed by atoms with Crippen molar-refractivity contribution in [2.75, 3.05) is 10.6 Å². The molecule has 1 aromatic carbocycles. The molecule has 0 aliphatic rings. The highest BCUT2D eigenvalue weighted by molar-refractivity contribution is 5.73. The molecule has 0 spiro atoms. The third kappa shape index (κ3) is 4.17. The Labute approximate surface area is 156 Å². The summed E-state index contributed by atoms with van der Waals surface area (Å²) < 4.78 is 4.75. The molecule has 0 aliphatic carbocycles. The van der Waals surface area contributed by atoms with E-state index in [-0.39, 0.29) is 6.04 Å². The second kappa shape index (κ2) is 7.77. The highest BCUT2D eigenvalue weighted by Gasteiger charge is 2.15. The number of hydrogen-bond acceptors (Lipinski definition) is 8. The number of pyridine rings is 1. The molecule has 4 rings (SSSR count). The molecule has 1 unspecified atom stereocenters. The first-order valence-electron chi connectivity index (χ1n) is 8.72. The molecular formula is C19H19N7O. The lowest BCUT2D eigenvalue weighted by molar-refractivity contribution is 0.314. The number of anilines is 2. The van der Waals surface area contributed by atoms with E-state index < -0.39 is 0 Å². The minimum atomic E-state index is 0.101. The largest absolute Gasteiger partial charge is 0.364 e. The van der Waals surface area contributed by atoms with E-state index in [0.29, 0.717) is 29.5 Å². The average molecular weight is 361 g/mol. The lowest BCUT2D eigenvalue weighted by Crippen LogP contribution is -2.21. The van der Waals surface area contributed by atoms with Crippen LogP contribution in [0.5, 0.6) is 0 Å². The van der Waals surface area contributed by atoms with E-state index in [9.17, 15) is 0 Å². The topological polar surface area (TPSA) is 102 Å². The number of rotatable bonds is 7. The van der Waals surface area contributed by atoms with Gasteiger partial charge in [0.2, 0.25) is 11.3 Å². The van der Waals surface area contributed by atoms with E-state index in [1.165, 1.54) is 0 Å². The van der Waals surface area contributed by atoms with Crippen molar-refractivity contribution in [3.8, 4) is 0 Å². The van der Waals surface area contributed by atoms with E-state index >= 15 is 0 Å². The van der Waals surface area contributed by atoms with Gasteiger partial charge in [0.15, 0.2) is 11.6 Å². The van der Waals surface area contributed by atoms with Crippen LogP contribution >= 0.6 is 0 Å². The summed E-state index contributed by atoms with van der Waals surface area (Å²) in [7, 11) is 0. The number of nitrogens with one attached hydrogen (secondary N) is 2. The molecular weight excluding hydrogens is 342 g/mol. The van der Waals surface area contributed by atoms with Gasteiger partial charge in [-0.3, -0.25) is 4.98 Å². The second-order valence-corrected chi connectivity index (χ2v) is 6.24. The second-order valence-electron chi connectivity index (χ2n) is 6.24. The van der Waals surface area contributed by atoms with Gasteiger partial charge in [0.05, 0.1) is 0 Å². The summed E-state index contributed by atoms with van der Waals surface area (Å²) in [6.45, 7) is 2.69. The van der Waals surface area contributed by atoms with Gasteiger partial charge in [0, 0.05) is 30.9 Å². The van der Waals surface area contributed by atoms with Crippen LogP contribution in [0, 0.1) is 0 Å². The quantitative estimate of drug-likeness (QED) is 0.518. The lowest BCUT2D eigenvalue weighted by Gasteiger charge is -2.17. The predicted molar refractivity (Wildman–Crippen MR) is 102 cm³/mol. The third-order valence-electron chi connectivity index (χ3n) is 4.04. The van der Waals surface area contributed by atoms with Gasteiger partial charge >= 0.3 is 0 Å². The molecule has 4 aromatic rings. The first kappa shape index (κ1) is 16.9. The highest BCUT2D eigenvalue weighted by atomic mass is 16.6. The summed E-state index contributed by atoms with van der Waals surface area (Å²) >= 11 is 0. The van der Waals surface area contributed by atoms with Crippen LogP contribution < -0.4 is 10.6 Å². The van der Waals surface area contributed by atoms with Gasteiger partial charge in [-0.1, -0.05) is 36.4 Å². The Bertz CT molecular complexity index is 1000. The molecule has 136 valence electrons. The van der Waals surface area contributed by atoms with Gasteiger partial charge in [-0.15, -0.1) is 0 Å². The molecule has 2 N–H and O–H groups in total. The molecule has 0 saturated heterocycles. The van der Waals surface area contributed by atoms with Crippen molar-refractivity contribution >= 4 is 22.9 Å². The summed E-state index contributed by atoms with van der Waals surface area (Å²) in [5.74, 6) is 1.22. The number of hydrogen-bond donors (Lipinski definition) is 2. The Morgan fingerprint density at radius 3 is 2.41 bits per heavy atom. The van der Waals surface area contributed by atoms with Crippen LogP contribution in [-0.2, 0) is 13.0 Å². The van der Waals surface area contributed by atoms with Crippen molar-refractivity contribution in [3.05, 3.63) is 66.0 Å². The summed E-state index contributed by atoms with van der Waals surface area (Å²) in [6.07, 6.45) is 2.55. The van der Waals surface area contributed by atoms with Crippen molar-refractivity contribution in [1.29, 1.82) is 0 Å². The molecule has 0 amide bonds. The number of aromatic nitrogens is 5. The van der Waals surface area contributed by atoms with Gasteiger partial charge in [-0.25, -0.2) is 14.6 Å². The minimum absolute atomic E-state index is 0.101. The van der Waals surface area contributed by atoms with Gasteiger partial charge in [0.1, 0.15) is 0 Å². The van der Waals surface area contributed by atoms with Crippen LogP contribution in [0.1, 0.15) is 18.2 Å². The average Bonchev–Trinajstić information content (AvgIpc) is 3.15. The zero-order chi connectivity index (χ0) is 18.5. The molecule has 0 saturated carbocycles. The Balaban J connectivity index is 1.54. The van der Waals surface area contributed by atoms with E-state index in [4.69, 9.17) is 4.63 Å². The van der Waals surface area contributed by atoms with Gasteiger partial charge in [-0.05, 0) is 34.9 Å². The standard InChI is InChI=1S/C19H19N7O/c1-13(11-15-9-5-6-10-20-15)22-17-16(21-12-14-7-3-2-4-8-14)23-18-19(24-17)26-27-25-18/h2-10,13H,11-12H2,1H3,(H,21,23,25)(H,22,24,26). The van der Waals surface area contributed by atoms with Gasteiger partial charge in [0.25, 0.3) is 0 Å². The molecule has 0 radical (unpaired) electrons. The van der Waals surface area contributed by atoms with Crippen LogP contribution in [-0.4, -0.2) is 31.3 Å². The Morgan fingerprint density at radius 2 is 1.67 bits per heavy atom. The zero-order valence-corrected chi connectivity index (χ0v) is 14.8. The predicted octanol–water partition coefficient (Wildman–Crippen LogP) is 3.06. The van der Waals surface area contributed by atoms with Crippen molar-refractivity contribution in [2.24, 2.45) is 0 Å². The van der Waals surface area contributed by atoms with Crippen LogP contribution in [0.4, 0.5) is 11.6 Å². The molecule has 0 bridgehead atoms. The van der Waals surface area contributed by atoms with Gasteiger partial charge in [-0.2, -0.15) is 0 Å². The molecule has 8 heteroatoms. The third-order valence-corrected chi connectivity index (χ3v) is 4.04. The van der Waals surface area contributed by atoms with E-state index in [1.807, 2.05) is 48.5 Å². The van der Waals surface area contributed by atoms with Crippen LogP contribution in [0.2, 0.25) is 0 Å². The summed E-state index contributed by atoms with van der Waals surface area (Å²) in [5, 5.41) is 14.3. The number of nitrogens with zero attached hydrogens (tertiary/aromatic N) is 5. The molecule has 0 fully saturated rings. The Hall–Kier alpha value is -3.55. The SMILES string of the molecule is CC(Cc1ccccn1)Nc1nc2nonc2nc1NCc1ccccc1. The van der Waals surface area contributed by atoms with E-state index in [2.05, 4.69) is 42.8 Å². The first-order chi connectivity index (χ1) is 13.3. The number of fused-ring (bicyclic) bond motifs is 1. The van der Waals surface area contributed by atoms with Crippen LogP contribution in [0.3, 0.4) is 0 Å². The molecule has 1 atom stereocenters. The maximum absolute atomic E-state index is 4.75. The van der Waals surface area contributed by atoms with Crippen LogP contribution in [0.25, 0.3) is 11.3 Å². The molecule has 3 heterocycles. The zero-order valence-electron chi connectivity index (χ0n) is 14.8. The minimum Gasteiger partial charge on any atom is -0.364 e.